The number of carbonyl (C=O) groups excluding carboxylic acids is 1. The van der Waals surface area contributed by atoms with Crippen LogP contribution in [0.4, 0.5) is 13.2 Å². The Morgan fingerprint density at radius 1 is 1.62 bits per heavy atom. The van der Waals surface area contributed by atoms with Crippen LogP contribution in [0.3, 0.4) is 0 Å². The Morgan fingerprint density at radius 2 is 2.25 bits per heavy atom. The molecule has 0 unspecified atom stereocenters. The fourth-order valence-corrected chi connectivity index (χ4v) is 1.61. The second kappa shape index (κ2) is 5.29. The largest absolute Gasteiger partial charge is 0.461 e. The van der Waals surface area contributed by atoms with Crippen molar-refractivity contribution in [1.29, 1.82) is 0 Å². The summed E-state index contributed by atoms with van der Waals surface area (Å²) in [6.07, 6.45) is -2.94. The highest BCUT2D eigenvalue weighted by molar-refractivity contribution is 9.10. The summed E-state index contributed by atoms with van der Waals surface area (Å²) in [6.45, 7) is 1.51. The van der Waals surface area contributed by atoms with Gasteiger partial charge in [0.2, 0.25) is 5.95 Å². The van der Waals surface area contributed by atoms with E-state index in [1.165, 1.54) is 6.92 Å². The van der Waals surface area contributed by atoms with Crippen molar-refractivity contribution in [3.05, 3.63) is 27.7 Å². The zero-order chi connectivity index (χ0) is 12.3. The van der Waals surface area contributed by atoms with Crippen molar-refractivity contribution < 1.29 is 22.7 Å². The highest BCUT2D eigenvalue weighted by Crippen LogP contribution is 2.30. The predicted molar refractivity (Wildman–Crippen MR) is 52.8 cm³/mol. The Labute approximate surface area is 97.8 Å². The molecule has 0 bridgehead atoms. The maximum atomic E-state index is 12.9. The van der Waals surface area contributed by atoms with Crippen LogP contribution in [0.1, 0.15) is 29.4 Å². The van der Waals surface area contributed by atoms with Gasteiger partial charge in [0.15, 0.2) is 5.69 Å². The van der Waals surface area contributed by atoms with Crippen LogP contribution in [0.2, 0.25) is 0 Å². The van der Waals surface area contributed by atoms with Gasteiger partial charge in [0, 0.05) is 10.5 Å². The first-order chi connectivity index (χ1) is 7.47. The molecule has 0 aliphatic rings. The average molecular weight is 298 g/mol. The molecule has 1 rings (SSSR count). The van der Waals surface area contributed by atoms with Gasteiger partial charge in [-0.1, -0.05) is 15.9 Å². The fraction of sp³-hybridized carbons (Fsp3) is 0.333. The van der Waals surface area contributed by atoms with E-state index in [0.717, 1.165) is 6.07 Å². The lowest BCUT2D eigenvalue weighted by Crippen LogP contribution is -2.12. The Morgan fingerprint density at radius 3 is 2.75 bits per heavy atom. The van der Waals surface area contributed by atoms with Gasteiger partial charge < -0.3 is 4.74 Å². The number of pyridine rings is 1. The SMILES string of the molecule is CCOC(=O)c1nc(F)cc(Br)c1C(F)F. The summed E-state index contributed by atoms with van der Waals surface area (Å²) < 4.78 is 42.4. The van der Waals surface area contributed by atoms with Crippen molar-refractivity contribution in [3.63, 3.8) is 0 Å². The third-order valence-corrected chi connectivity index (χ3v) is 2.32. The molecule has 0 aliphatic heterocycles. The topological polar surface area (TPSA) is 39.2 Å². The van der Waals surface area contributed by atoms with Crippen LogP contribution in [0.5, 0.6) is 0 Å². The van der Waals surface area contributed by atoms with Gasteiger partial charge in [-0.05, 0) is 6.92 Å². The Balaban J connectivity index is 3.29. The maximum Gasteiger partial charge on any atom is 0.357 e. The molecule has 0 aromatic carbocycles. The number of carbonyl (C=O) groups is 1. The molecular formula is C9H7BrF3NO2. The second-order valence-electron chi connectivity index (χ2n) is 2.71. The molecule has 0 fully saturated rings. The summed E-state index contributed by atoms with van der Waals surface area (Å²) in [5, 5.41) is 0. The highest BCUT2D eigenvalue weighted by atomic mass is 79.9. The number of ether oxygens (including phenoxy) is 1. The third-order valence-electron chi connectivity index (χ3n) is 1.66. The molecule has 88 valence electrons. The van der Waals surface area contributed by atoms with Crippen molar-refractivity contribution in [3.8, 4) is 0 Å². The van der Waals surface area contributed by atoms with Gasteiger partial charge >= 0.3 is 5.97 Å². The van der Waals surface area contributed by atoms with Gasteiger partial charge in [-0.25, -0.2) is 18.6 Å². The van der Waals surface area contributed by atoms with Gasteiger partial charge in [0.1, 0.15) is 0 Å². The van der Waals surface area contributed by atoms with Crippen LogP contribution in [-0.4, -0.2) is 17.6 Å². The molecule has 1 heterocycles. The number of hydrogen-bond donors (Lipinski definition) is 0. The van der Waals surface area contributed by atoms with Crippen LogP contribution in [0.25, 0.3) is 0 Å². The summed E-state index contributed by atoms with van der Waals surface area (Å²) in [5.74, 6) is -2.10. The second-order valence-corrected chi connectivity index (χ2v) is 3.56. The lowest BCUT2D eigenvalue weighted by Gasteiger charge is -2.09. The molecule has 16 heavy (non-hydrogen) atoms. The molecule has 0 saturated heterocycles. The zero-order valence-electron chi connectivity index (χ0n) is 8.14. The van der Waals surface area contributed by atoms with E-state index in [4.69, 9.17) is 0 Å². The summed E-state index contributed by atoms with van der Waals surface area (Å²) in [6, 6.07) is 0.768. The van der Waals surface area contributed by atoms with Crippen molar-refractivity contribution >= 4 is 21.9 Å². The van der Waals surface area contributed by atoms with Crippen LogP contribution in [0.15, 0.2) is 10.5 Å². The molecule has 0 radical (unpaired) electrons. The first-order valence-corrected chi connectivity index (χ1v) is 5.07. The summed E-state index contributed by atoms with van der Waals surface area (Å²) >= 11 is 2.75. The van der Waals surface area contributed by atoms with E-state index in [-0.39, 0.29) is 11.1 Å². The number of hydrogen-bond acceptors (Lipinski definition) is 3. The normalized spacial score (nSPS) is 10.6. The minimum absolute atomic E-state index is 0.00265. The highest BCUT2D eigenvalue weighted by Gasteiger charge is 2.25. The van der Waals surface area contributed by atoms with Gasteiger partial charge in [-0.2, -0.15) is 4.39 Å². The van der Waals surface area contributed by atoms with E-state index in [0.29, 0.717) is 0 Å². The van der Waals surface area contributed by atoms with E-state index >= 15 is 0 Å². The van der Waals surface area contributed by atoms with Crippen LogP contribution < -0.4 is 0 Å². The van der Waals surface area contributed by atoms with Crippen LogP contribution in [-0.2, 0) is 4.74 Å². The van der Waals surface area contributed by atoms with Crippen molar-refractivity contribution in [2.45, 2.75) is 13.3 Å². The first-order valence-electron chi connectivity index (χ1n) is 4.28. The number of alkyl halides is 2. The van der Waals surface area contributed by atoms with Crippen molar-refractivity contribution in [2.24, 2.45) is 0 Å². The third kappa shape index (κ3) is 2.72. The summed E-state index contributed by atoms with van der Waals surface area (Å²) in [7, 11) is 0. The summed E-state index contributed by atoms with van der Waals surface area (Å²) in [5.41, 5.74) is -1.37. The molecule has 0 spiro atoms. The average Bonchev–Trinajstić information content (AvgIpc) is 2.15. The Kier molecular flexibility index (Phi) is 4.28. The lowest BCUT2D eigenvalue weighted by molar-refractivity contribution is 0.0505. The Bertz CT molecular complexity index is 412. The van der Waals surface area contributed by atoms with E-state index in [2.05, 4.69) is 25.7 Å². The molecule has 0 amide bonds. The monoisotopic (exact) mass is 297 g/mol. The van der Waals surface area contributed by atoms with Gasteiger partial charge in [-0.3, -0.25) is 0 Å². The predicted octanol–water partition coefficient (Wildman–Crippen LogP) is 3.10. The zero-order valence-corrected chi connectivity index (χ0v) is 9.72. The molecule has 3 nitrogen and oxygen atoms in total. The Hall–Kier alpha value is -1.11. The quantitative estimate of drug-likeness (QED) is 0.636. The van der Waals surface area contributed by atoms with Crippen LogP contribution >= 0.6 is 15.9 Å². The number of halogens is 4. The minimum atomic E-state index is -2.94. The number of rotatable bonds is 3. The molecule has 1 aromatic heterocycles. The first kappa shape index (κ1) is 13.0. The minimum Gasteiger partial charge on any atom is -0.461 e. The number of esters is 1. The van der Waals surface area contributed by atoms with E-state index < -0.39 is 29.6 Å². The molecule has 0 atom stereocenters. The molecule has 0 N–H and O–H groups in total. The lowest BCUT2D eigenvalue weighted by atomic mass is 10.2. The van der Waals surface area contributed by atoms with Crippen LogP contribution in [0, 0.1) is 5.95 Å². The van der Waals surface area contributed by atoms with E-state index in [9.17, 15) is 18.0 Å². The van der Waals surface area contributed by atoms with Gasteiger partial charge in [0.25, 0.3) is 6.43 Å². The summed E-state index contributed by atoms with van der Waals surface area (Å²) in [4.78, 5) is 14.4. The number of aromatic nitrogens is 1. The molecule has 1 aromatic rings. The molecular weight excluding hydrogens is 291 g/mol. The van der Waals surface area contributed by atoms with E-state index in [1.54, 1.807) is 0 Å². The fourth-order valence-electron chi connectivity index (χ4n) is 1.06. The maximum absolute atomic E-state index is 12.9. The number of nitrogens with zero attached hydrogens (tertiary/aromatic N) is 1. The van der Waals surface area contributed by atoms with Gasteiger partial charge in [-0.15, -0.1) is 0 Å². The van der Waals surface area contributed by atoms with E-state index in [1.807, 2.05) is 0 Å². The smallest absolute Gasteiger partial charge is 0.357 e. The molecule has 0 saturated carbocycles. The molecule has 0 aliphatic carbocycles. The van der Waals surface area contributed by atoms with Crippen molar-refractivity contribution in [2.75, 3.05) is 6.61 Å². The van der Waals surface area contributed by atoms with Gasteiger partial charge in [0.05, 0.1) is 12.2 Å². The standard InChI is InChI=1S/C9H7BrF3NO2/c1-2-16-9(15)7-6(8(12)13)4(10)3-5(11)14-7/h3,8H,2H2,1H3. The van der Waals surface area contributed by atoms with Crippen molar-refractivity contribution in [1.82, 2.24) is 4.98 Å². The molecule has 7 heteroatoms.